The van der Waals surface area contributed by atoms with Gasteiger partial charge in [-0.25, -0.2) is 4.98 Å². The molecule has 1 fully saturated rings. The fourth-order valence-electron chi connectivity index (χ4n) is 2.93. The number of rotatable bonds is 2. The Bertz CT molecular complexity index is 653. The number of alkyl halides is 2. The highest BCUT2D eigenvalue weighted by Gasteiger charge is 2.27. The van der Waals surface area contributed by atoms with Crippen molar-refractivity contribution in [1.29, 1.82) is 0 Å². The number of carboxylic acids is 1. The first-order valence-corrected chi connectivity index (χ1v) is 11.3. The fourth-order valence-corrected chi connectivity index (χ4v) is 3.49. The number of halogens is 2. The molecule has 4 nitrogen and oxygen atoms in total. The lowest BCUT2D eigenvalue weighted by atomic mass is 10.1. The Morgan fingerprint density at radius 2 is 1.83 bits per heavy atom. The van der Waals surface area contributed by atoms with Crippen LogP contribution >= 0.6 is 18.5 Å². The van der Waals surface area contributed by atoms with Crippen LogP contribution in [0.4, 0.5) is 14.6 Å². The maximum atomic E-state index is 12.6. The van der Waals surface area contributed by atoms with Crippen LogP contribution in [0.5, 0.6) is 0 Å². The third-order valence-electron chi connectivity index (χ3n) is 4.36. The molecule has 0 aliphatic heterocycles. The van der Waals surface area contributed by atoms with Gasteiger partial charge in [-0.05, 0) is 42.5 Å². The predicted octanol–water partition coefficient (Wildman–Crippen LogP) is 6.24. The van der Waals surface area contributed by atoms with Crippen molar-refractivity contribution < 1.29 is 18.7 Å². The van der Waals surface area contributed by atoms with E-state index in [2.05, 4.69) is 33.4 Å². The van der Waals surface area contributed by atoms with Crippen molar-refractivity contribution in [3.05, 3.63) is 48.2 Å². The van der Waals surface area contributed by atoms with E-state index in [4.69, 9.17) is 9.90 Å². The molecule has 0 spiro atoms. The fraction of sp³-hybridized carbons (Fsp3) is 0.545. The minimum absolute atomic E-state index is 0.0914. The van der Waals surface area contributed by atoms with E-state index in [1.165, 1.54) is 34.6 Å². The first-order chi connectivity index (χ1) is 14.0. The molecule has 5 unspecified atom stereocenters. The molecular formula is C22H36F2N2O2P2. The van der Waals surface area contributed by atoms with Crippen LogP contribution in [0.1, 0.15) is 46.5 Å². The maximum Gasteiger partial charge on any atom is 0.300 e. The summed E-state index contributed by atoms with van der Waals surface area (Å²) in [6, 6.07) is 5.75. The van der Waals surface area contributed by atoms with Gasteiger partial charge < -0.3 is 10.4 Å². The monoisotopic (exact) mass is 460 g/mol. The molecule has 170 valence electrons. The van der Waals surface area contributed by atoms with Crippen LogP contribution in [0.25, 0.3) is 0 Å². The average molecular weight is 460 g/mol. The summed E-state index contributed by atoms with van der Waals surface area (Å²) in [7, 11) is 5.90. The van der Waals surface area contributed by atoms with Crippen molar-refractivity contribution in [1.82, 2.24) is 4.98 Å². The van der Waals surface area contributed by atoms with E-state index in [0.717, 1.165) is 31.0 Å². The number of carbonyl (C=O) groups is 1. The minimum Gasteiger partial charge on any atom is -0.481 e. The molecule has 1 heterocycles. The summed E-state index contributed by atoms with van der Waals surface area (Å²) in [6.45, 7) is 5.78. The third-order valence-corrected chi connectivity index (χ3v) is 5.16. The molecule has 1 aromatic rings. The summed E-state index contributed by atoms with van der Waals surface area (Å²) < 4.78 is 25.2. The standard InChI is InChI=1S/C7H10F2P2.C7H14.C6H8N2.C2H4O2/c8-7(9,11)5-2-1-3-6(10)4-5;1-6-3-4-7(2)5-6;1-7-6-4-2-3-5-8-6;1-2(3)4/h1-2,4,6H,3,10-11H2;6-7H,3-5H2,1-2H3;2-5H,1H3,(H,7,8);1H3,(H,3,4). The summed E-state index contributed by atoms with van der Waals surface area (Å²) >= 11 is 0. The van der Waals surface area contributed by atoms with E-state index in [-0.39, 0.29) is 11.2 Å². The SMILES string of the molecule is CC(=O)O.CC1CCC(C)C1.CNc1ccccn1.FC(F)(P)C1=CC(P)CC=C1. The lowest BCUT2D eigenvalue weighted by Gasteiger charge is -2.17. The van der Waals surface area contributed by atoms with Gasteiger partial charge in [0.25, 0.3) is 11.6 Å². The molecule has 0 bridgehead atoms. The number of nitrogens with one attached hydrogen (secondary N) is 1. The van der Waals surface area contributed by atoms with Gasteiger partial charge in [0.2, 0.25) is 0 Å². The number of hydrogen-bond donors (Lipinski definition) is 2. The van der Waals surface area contributed by atoms with Gasteiger partial charge in [0.1, 0.15) is 5.82 Å². The molecular weight excluding hydrogens is 424 g/mol. The molecule has 0 radical (unpaired) electrons. The number of nitrogens with zero attached hydrogens (tertiary/aromatic N) is 1. The number of pyridine rings is 1. The van der Waals surface area contributed by atoms with Gasteiger partial charge in [-0.15, -0.1) is 9.24 Å². The third kappa shape index (κ3) is 15.5. The zero-order valence-electron chi connectivity index (χ0n) is 18.3. The molecule has 1 aromatic heterocycles. The van der Waals surface area contributed by atoms with Crippen molar-refractivity contribution >= 4 is 30.3 Å². The van der Waals surface area contributed by atoms with Crippen molar-refractivity contribution in [3.8, 4) is 0 Å². The number of carboxylic acid groups (broad SMARTS) is 1. The van der Waals surface area contributed by atoms with E-state index in [1.54, 1.807) is 18.3 Å². The molecule has 8 heteroatoms. The number of aliphatic carboxylic acids is 1. The zero-order chi connectivity index (χ0) is 23.2. The Hall–Kier alpha value is -1.38. The number of anilines is 1. The van der Waals surface area contributed by atoms with Crippen LogP contribution in [-0.2, 0) is 4.79 Å². The van der Waals surface area contributed by atoms with Gasteiger partial charge in [0.05, 0.1) is 0 Å². The quantitative estimate of drug-likeness (QED) is 0.513. The topological polar surface area (TPSA) is 62.2 Å². The summed E-state index contributed by atoms with van der Waals surface area (Å²) in [5, 5.41) is 10.3. The highest BCUT2D eigenvalue weighted by molar-refractivity contribution is 7.19. The molecule has 3 rings (SSSR count). The molecule has 1 saturated carbocycles. The van der Waals surface area contributed by atoms with Gasteiger partial charge in [-0.1, -0.05) is 60.2 Å². The van der Waals surface area contributed by atoms with E-state index in [0.29, 0.717) is 0 Å². The molecule has 0 amide bonds. The summed E-state index contributed by atoms with van der Waals surface area (Å²) in [4.78, 5) is 13.0. The van der Waals surface area contributed by atoms with Gasteiger partial charge >= 0.3 is 0 Å². The predicted molar refractivity (Wildman–Crippen MR) is 129 cm³/mol. The highest BCUT2D eigenvalue weighted by atomic mass is 31.0. The van der Waals surface area contributed by atoms with E-state index in [1.807, 2.05) is 25.2 Å². The second-order valence-electron chi connectivity index (χ2n) is 7.55. The van der Waals surface area contributed by atoms with Crippen LogP contribution in [0.3, 0.4) is 0 Å². The van der Waals surface area contributed by atoms with Crippen LogP contribution < -0.4 is 5.32 Å². The van der Waals surface area contributed by atoms with Crippen molar-refractivity contribution in [2.75, 3.05) is 12.4 Å². The number of aromatic nitrogens is 1. The van der Waals surface area contributed by atoms with Gasteiger partial charge in [0.15, 0.2) is 0 Å². The summed E-state index contributed by atoms with van der Waals surface area (Å²) in [5.74, 6) is 2.12. The Kier molecular flexibility index (Phi) is 14.7. The summed E-state index contributed by atoms with van der Waals surface area (Å²) in [6.07, 6.45) is 11.8. The smallest absolute Gasteiger partial charge is 0.300 e. The first kappa shape index (κ1) is 28.6. The Balaban J connectivity index is 0.000000395. The van der Waals surface area contributed by atoms with Gasteiger partial charge in [-0.3, -0.25) is 4.79 Å². The first-order valence-electron chi connectivity index (χ1n) is 10.0. The largest absolute Gasteiger partial charge is 0.481 e. The van der Waals surface area contributed by atoms with Crippen molar-refractivity contribution in [3.63, 3.8) is 0 Å². The van der Waals surface area contributed by atoms with E-state index in [9.17, 15) is 8.78 Å². The normalized spacial score (nSPS) is 22.1. The Labute approximate surface area is 184 Å². The van der Waals surface area contributed by atoms with Crippen molar-refractivity contribution in [2.24, 2.45) is 11.8 Å². The second kappa shape index (κ2) is 15.4. The van der Waals surface area contributed by atoms with E-state index < -0.39 is 11.6 Å². The average Bonchev–Trinajstić information content (AvgIpc) is 3.05. The Morgan fingerprint density at radius 3 is 2.10 bits per heavy atom. The van der Waals surface area contributed by atoms with Gasteiger partial charge in [0, 0.05) is 25.7 Å². The lowest BCUT2D eigenvalue weighted by molar-refractivity contribution is -0.134. The van der Waals surface area contributed by atoms with Crippen LogP contribution in [0, 0.1) is 11.8 Å². The molecule has 0 saturated heterocycles. The Morgan fingerprint density at radius 1 is 1.27 bits per heavy atom. The molecule has 30 heavy (non-hydrogen) atoms. The van der Waals surface area contributed by atoms with Gasteiger partial charge in [-0.2, -0.15) is 8.78 Å². The molecule has 0 aromatic carbocycles. The molecule has 2 aliphatic carbocycles. The van der Waals surface area contributed by atoms with E-state index >= 15 is 0 Å². The lowest BCUT2D eigenvalue weighted by Crippen LogP contribution is -2.11. The highest BCUT2D eigenvalue weighted by Crippen LogP contribution is 2.35. The van der Waals surface area contributed by atoms with Crippen LogP contribution in [-0.4, -0.2) is 34.4 Å². The number of hydrogen-bond acceptors (Lipinski definition) is 3. The minimum atomic E-state index is -2.77. The maximum absolute atomic E-state index is 12.6. The molecule has 2 N–H and O–H groups in total. The van der Waals surface area contributed by atoms with Crippen molar-refractivity contribution in [2.45, 2.75) is 57.8 Å². The molecule has 2 aliphatic rings. The van der Waals surface area contributed by atoms with Crippen LogP contribution in [0.2, 0.25) is 0 Å². The second-order valence-corrected chi connectivity index (χ2v) is 9.14. The zero-order valence-corrected chi connectivity index (χ0v) is 20.6. The molecule has 5 atom stereocenters. The van der Waals surface area contributed by atoms with Crippen LogP contribution in [0.15, 0.2) is 48.2 Å². The number of allylic oxidation sites excluding steroid dienone is 4. The summed E-state index contributed by atoms with van der Waals surface area (Å²) in [5.41, 5.74) is -2.53.